The molecular weight excluding hydrogens is 318 g/mol. The van der Waals surface area contributed by atoms with Gasteiger partial charge in [0.05, 0.1) is 11.4 Å². The number of nitrogens with one attached hydrogen (secondary N) is 1. The van der Waals surface area contributed by atoms with Crippen LogP contribution in [0.2, 0.25) is 0 Å². The molecule has 3 aromatic rings. The fourth-order valence-electron chi connectivity index (χ4n) is 2.42. The first-order valence-electron chi connectivity index (χ1n) is 7.67. The van der Waals surface area contributed by atoms with Crippen LogP contribution in [0.25, 0.3) is 0 Å². The molecular formula is C20H17NO2S. The molecule has 0 aliphatic rings. The zero-order valence-electron chi connectivity index (χ0n) is 13.3. The van der Waals surface area contributed by atoms with Gasteiger partial charge in [-0.3, -0.25) is 9.59 Å². The fourth-order valence-corrected chi connectivity index (χ4v) is 3.33. The van der Waals surface area contributed by atoms with Gasteiger partial charge in [-0.1, -0.05) is 48.5 Å². The van der Waals surface area contributed by atoms with Crippen LogP contribution in [-0.4, -0.2) is 11.7 Å². The number of rotatable bonds is 5. The van der Waals surface area contributed by atoms with E-state index in [1.165, 1.54) is 11.3 Å². The summed E-state index contributed by atoms with van der Waals surface area (Å²) in [6.45, 7) is 2.33. The van der Waals surface area contributed by atoms with Gasteiger partial charge in [-0.25, -0.2) is 0 Å². The summed E-state index contributed by atoms with van der Waals surface area (Å²) in [7, 11) is 0. The largest absolute Gasteiger partial charge is 0.347 e. The van der Waals surface area contributed by atoms with Crippen LogP contribution in [0.1, 0.15) is 36.0 Å². The zero-order chi connectivity index (χ0) is 16.9. The molecule has 0 radical (unpaired) electrons. The summed E-state index contributed by atoms with van der Waals surface area (Å²) in [6, 6.07) is 20.4. The van der Waals surface area contributed by atoms with Crippen molar-refractivity contribution in [2.24, 2.45) is 0 Å². The number of amides is 1. The summed E-state index contributed by atoms with van der Waals surface area (Å²) in [5.74, 6) is -0.0884. The quantitative estimate of drug-likeness (QED) is 0.710. The van der Waals surface area contributed by atoms with Crippen molar-refractivity contribution in [3.8, 4) is 0 Å². The molecule has 0 bridgehead atoms. The van der Waals surface area contributed by atoms with Gasteiger partial charge in [0, 0.05) is 16.0 Å². The van der Waals surface area contributed by atoms with Crippen LogP contribution in [0.4, 0.5) is 0 Å². The number of aryl methyl sites for hydroxylation is 1. The maximum absolute atomic E-state index is 12.4. The zero-order valence-corrected chi connectivity index (χ0v) is 14.1. The summed E-state index contributed by atoms with van der Waals surface area (Å²) >= 11 is 1.41. The van der Waals surface area contributed by atoms with E-state index in [2.05, 4.69) is 5.32 Å². The molecule has 1 heterocycles. The highest BCUT2D eigenvalue weighted by Gasteiger charge is 2.13. The second kappa shape index (κ2) is 7.23. The average Bonchev–Trinajstić information content (AvgIpc) is 3.09. The SMILES string of the molecule is Cc1ccccc1C(=O)NCc1ccc(C(=O)c2ccccc2)s1. The molecule has 1 amide bonds. The summed E-state index contributed by atoms with van der Waals surface area (Å²) in [5, 5.41) is 2.91. The number of ketones is 1. The first kappa shape index (κ1) is 16.1. The monoisotopic (exact) mass is 335 g/mol. The molecule has 24 heavy (non-hydrogen) atoms. The second-order valence-electron chi connectivity index (χ2n) is 5.46. The second-order valence-corrected chi connectivity index (χ2v) is 6.63. The van der Waals surface area contributed by atoms with E-state index < -0.39 is 0 Å². The highest BCUT2D eigenvalue weighted by molar-refractivity contribution is 7.14. The van der Waals surface area contributed by atoms with Gasteiger partial charge >= 0.3 is 0 Å². The maximum atomic E-state index is 12.4. The lowest BCUT2D eigenvalue weighted by molar-refractivity contribution is 0.0950. The van der Waals surface area contributed by atoms with Crippen LogP contribution in [0.15, 0.2) is 66.7 Å². The minimum atomic E-state index is -0.0996. The molecule has 0 aliphatic heterocycles. The third kappa shape index (κ3) is 3.60. The first-order chi connectivity index (χ1) is 11.6. The van der Waals surface area contributed by atoms with Crippen LogP contribution in [0.5, 0.6) is 0 Å². The molecule has 3 nitrogen and oxygen atoms in total. The van der Waals surface area contributed by atoms with Gasteiger partial charge in [-0.15, -0.1) is 11.3 Å². The van der Waals surface area contributed by atoms with Crippen LogP contribution < -0.4 is 5.32 Å². The Balaban J connectivity index is 1.66. The van der Waals surface area contributed by atoms with Gasteiger partial charge in [-0.2, -0.15) is 0 Å². The smallest absolute Gasteiger partial charge is 0.251 e. The molecule has 0 saturated carbocycles. The molecule has 0 saturated heterocycles. The predicted octanol–water partition coefficient (Wildman–Crippen LogP) is 4.22. The van der Waals surface area contributed by atoms with Crippen LogP contribution in [-0.2, 0) is 6.54 Å². The fraction of sp³-hybridized carbons (Fsp3) is 0.100. The Bertz CT molecular complexity index is 868. The van der Waals surface area contributed by atoms with E-state index in [0.29, 0.717) is 22.5 Å². The standard InChI is InChI=1S/C20H17NO2S/c1-14-7-5-6-10-17(14)20(23)21-13-16-11-12-18(24-16)19(22)15-8-3-2-4-9-15/h2-12H,13H2,1H3,(H,21,23). The minimum Gasteiger partial charge on any atom is -0.347 e. The number of carbonyl (C=O) groups excluding carboxylic acids is 2. The highest BCUT2D eigenvalue weighted by Crippen LogP contribution is 2.20. The Hall–Kier alpha value is -2.72. The van der Waals surface area contributed by atoms with Crippen molar-refractivity contribution in [3.05, 3.63) is 93.2 Å². The molecule has 4 heteroatoms. The number of benzene rings is 2. The molecule has 120 valence electrons. The number of thiophene rings is 1. The highest BCUT2D eigenvalue weighted by atomic mass is 32.1. The van der Waals surface area contributed by atoms with Gasteiger partial charge in [0.15, 0.2) is 0 Å². The van der Waals surface area contributed by atoms with Gasteiger partial charge < -0.3 is 5.32 Å². The minimum absolute atomic E-state index is 0.0112. The van der Waals surface area contributed by atoms with Crippen LogP contribution >= 0.6 is 11.3 Å². The van der Waals surface area contributed by atoms with E-state index in [1.54, 1.807) is 0 Å². The number of hydrogen-bond donors (Lipinski definition) is 1. The molecule has 0 aliphatic carbocycles. The third-order valence-electron chi connectivity index (χ3n) is 3.73. The summed E-state index contributed by atoms with van der Waals surface area (Å²) in [5.41, 5.74) is 2.30. The van der Waals surface area contributed by atoms with Crippen molar-refractivity contribution in [1.82, 2.24) is 5.32 Å². The van der Waals surface area contributed by atoms with E-state index in [-0.39, 0.29) is 11.7 Å². The van der Waals surface area contributed by atoms with Crippen molar-refractivity contribution < 1.29 is 9.59 Å². The Morgan fingerprint density at radius 1 is 0.917 bits per heavy atom. The summed E-state index contributed by atoms with van der Waals surface area (Å²) < 4.78 is 0. The lowest BCUT2D eigenvalue weighted by Crippen LogP contribution is -2.23. The Kier molecular flexibility index (Phi) is 4.87. The Morgan fingerprint density at radius 3 is 2.38 bits per heavy atom. The summed E-state index contributed by atoms with van der Waals surface area (Å²) in [6.07, 6.45) is 0. The number of hydrogen-bond acceptors (Lipinski definition) is 3. The molecule has 0 spiro atoms. The maximum Gasteiger partial charge on any atom is 0.251 e. The average molecular weight is 335 g/mol. The molecule has 1 N–H and O–H groups in total. The van der Waals surface area contributed by atoms with Gasteiger partial charge in [-0.05, 0) is 30.7 Å². The van der Waals surface area contributed by atoms with Crippen molar-refractivity contribution in [2.45, 2.75) is 13.5 Å². The Labute approximate surface area is 145 Å². The van der Waals surface area contributed by atoms with Crippen LogP contribution in [0.3, 0.4) is 0 Å². The van der Waals surface area contributed by atoms with E-state index in [1.807, 2.05) is 73.7 Å². The van der Waals surface area contributed by atoms with E-state index in [9.17, 15) is 9.59 Å². The molecule has 0 atom stereocenters. The molecule has 2 aromatic carbocycles. The van der Waals surface area contributed by atoms with Gasteiger partial charge in [0.2, 0.25) is 5.78 Å². The third-order valence-corrected chi connectivity index (χ3v) is 4.82. The van der Waals surface area contributed by atoms with E-state index in [4.69, 9.17) is 0 Å². The topological polar surface area (TPSA) is 46.2 Å². The normalized spacial score (nSPS) is 10.4. The van der Waals surface area contributed by atoms with Crippen molar-refractivity contribution in [3.63, 3.8) is 0 Å². The lowest BCUT2D eigenvalue weighted by Gasteiger charge is -2.06. The molecule has 0 unspecified atom stereocenters. The van der Waals surface area contributed by atoms with Gasteiger partial charge in [0.25, 0.3) is 5.91 Å². The van der Waals surface area contributed by atoms with E-state index >= 15 is 0 Å². The van der Waals surface area contributed by atoms with E-state index in [0.717, 1.165) is 10.4 Å². The van der Waals surface area contributed by atoms with Crippen molar-refractivity contribution in [2.75, 3.05) is 0 Å². The number of carbonyl (C=O) groups is 2. The van der Waals surface area contributed by atoms with Gasteiger partial charge in [0.1, 0.15) is 0 Å². The molecule has 1 aromatic heterocycles. The van der Waals surface area contributed by atoms with Crippen molar-refractivity contribution >= 4 is 23.0 Å². The Morgan fingerprint density at radius 2 is 1.62 bits per heavy atom. The molecule has 0 fully saturated rings. The molecule has 3 rings (SSSR count). The van der Waals surface area contributed by atoms with Crippen molar-refractivity contribution in [1.29, 1.82) is 0 Å². The summed E-state index contributed by atoms with van der Waals surface area (Å²) in [4.78, 5) is 26.3. The predicted molar refractivity (Wildman–Crippen MR) is 96.5 cm³/mol. The lowest BCUT2D eigenvalue weighted by atomic mass is 10.1. The first-order valence-corrected chi connectivity index (χ1v) is 8.49. The van der Waals surface area contributed by atoms with Crippen LogP contribution in [0, 0.1) is 6.92 Å².